The quantitative estimate of drug-likeness (QED) is 0.693. The molecule has 1 heterocycles. The van der Waals surface area contributed by atoms with Gasteiger partial charge in [-0.15, -0.1) is 0 Å². The molecular weight excluding hydrogens is 210 g/mol. The van der Waals surface area contributed by atoms with Gasteiger partial charge in [0.25, 0.3) is 0 Å². The van der Waals surface area contributed by atoms with Crippen LogP contribution in [0.25, 0.3) is 0 Å². The van der Waals surface area contributed by atoms with Gasteiger partial charge in [0.1, 0.15) is 5.82 Å². The molecular formula is C10H11F4N. The normalized spacial score (nSPS) is 14.0. The molecule has 0 spiro atoms. The van der Waals surface area contributed by atoms with Crippen molar-refractivity contribution in [3.63, 3.8) is 0 Å². The van der Waals surface area contributed by atoms with Crippen LogP contribution in [0.2, 0.25) is 0 Å². The van der Waals surface area contributed by atoms with Crippen molar-refractivity contribution in [3.05, 3.63) is 29.3 Å². The van der Waals surface area contributed by atoms with E-state index in [1.54, 1.807) is 6.92 Å². The number of alkyl halides is 3. The number of hydrogen-bond acceptors (Lipinski definition) is 1. The lowest BCUT2D eigenvalue weighted by molar-refractivity contribution is -0.138. The summed E-state index contributed by atoms with van der Waals surface area (Å²) in [5.74, 6) is -1.06. The molecule has 0 radical (unpaired) electrons. The molecule has 0 aliphatic rings. The van der Waals surface area contributed by atoms with Crippen molar-refractivity contribution in [3.8, 4) is 0 Å². The van der Waals surface area contributed by atoms with Crippen LogP contribution in [-0.2, 0) is 6.18 Å². The van der Waals surface area contributed by atoms with Crippen LogP contribution in [0.15, 0.2) is 12.3 Å². The van der Waals surface area contributed by atoms with E-state index in [1.807, 2.05) is 6.92 Å². The van der Waals surface area contributed by atoms with Crippen LogP contribution in [0, 0.1) is 5.82 Å². The van der Waals surface area contributed by atoms with Crippen LogP contribution in [0.3, 0.4) is 0 Å². The van der Waals surface area contributed by atoms with E-state index in [4.69, 9.17) is 0 Å². The van der Waals surface area contributed by atoms with E-state index >= 15 is 0 Å². The summed E-state index contributed by atoms with van der Waals surface area (Å²) < 4.78 is 49.8. The van der Waals surface area contributed by atoms with Crippen LogP contribution in [0.5, 0.6) is 0 Å². The molecule has 0 saturated heterocycles. The number of hydrogen-bond donors (Lipinski definition) is 0. The Kier molecular flexibility index (Phi) is 3.31. The minimum atomic E-state index is -4.54. The number of pyridine rings is 1. The van der Waals surface area contributed by atoms with E-state index < -0.39 is 17.6 Å². The number of aromatic nitrogens is 1. The predicted octanol–water partition coefficient (Wildman–Crippen LogP) is 3.75. The highest BCUT2D eigenvalue weighted by Gasteiger charge is 2.32. The van der Waals surface area contributed by atoms with Crippen molar-refractivity contribution in [2.45, 2.75) is 32.4 Å². The molecule has 1 atom stereocenters. The summed E-state index contributed by atoms with van der Waals surface area (Å²) in [7, 11) is 0. The third-order valence-electron chi connectivity index (χ3n) is 2.28. The summed E-state index contributed by atoms with van der Waals surface area (Å²) in [5, 5.41) is 0. The van der Waals surface area contributed by atoms with Gasteiger partial charge in [-0.25, -0.2) is 4.39 Å². The fourth-order valence-electron chi connectivity index (χ4n) is 1.16. The summed E-state index contributed by atoms with van der Waals surface area (Å²) in [6, 6.07) is 0.495. The van der Waals surface area contributed by atoms with E-state index in [0.717, 1.165) is 0 Å². The first kappa shape index (κ1) is 11.9. The van der Waals surface area contributed by atoms with Crippen molar-refractivity contribution >= 4 is 0 Å². The van der Waals surface area contributed by atoms with E-state index in [1.165, 1.54) is 0 Å². The Morgan fingerprint density at radius 3 is 2.40 bits per heavy atom. The summed E-state index contributed by atoms with van der Waals surface area (Å²) in [6.45, 7) is 3.54. The van der Waals surface area contributed by atoms with Crippen LogP contribution in [0.4, 0.5) is 17.6 Å². The average Bonchev–Trinajstić information content (AvgIpc) is 2.15. The van der Waals surface area contributed by atoms with Gasteiger partial charge in [-0.1, -0.05) is 13.8 Å². The Hall–Kier alpha value is -1.13. The molecule has 1 aromatic heterocycles. The lowest BCUT2D eigenvalue weighted by atomic mass is 10.0. The van der Waals surface area contributed by atoms with Gasteiger partial charge in [0, 0.05) is 12.1 Å². The molecule has 0 saturated carbocycles. The van der Waals surface area contributed by atoms with Crippen LogP contribution >= 0.6 is 0 Å². The fourth-order valence-corrected chi connectivity index (χ4v) is 1.16. The van der Waals surface area contributed by atoms with E-state index in [9.17, 15) is 17.6 Å². The van der Waals surface area contributed by atoms with E-state index in [-0.39, 0.29) is 11.6 Å². The topological polar surface area (TPSA) is 12.9 Å². The number of halogens is 4. The molecule has 5 heteroatoms. The average molecular weight is 221 g/mol. The molecule has 1 aromatic rings. The predicted molar refractivity (Wildman–Crippen MR) is 47.9 cm³/mol. The summed E-state index contributed by atoms with van der Waals surface area (Å²) >= 11 is 0. The molecule has 84 valence electrons. The van der Waals surface area contributed by atoms with Gasteiger partial charge in [0.15, 0.2) is 0 Å². The minimum absolute atomic E-state index is 0.0884. The van der Waals surface area contributed by atoms with E-state index in [2.05, 4.69) is 4.98 Å². The third kappa shape index (κ3) is 2.67. The molecule has 15 heavy (non-hydrogen) atoms. The van der Waals surface area contributed by atoms with Gasteiger partial charge in [-0.3, -0.25) is 4.98 Å². The monoisotopic (exact) mass is 221 g/mol. The van der Waals surface area contributed by atoms with Crippen molar-refractivity contribution in [2.75, 3.05) is 0 Å². The summed E-state index contributed by atoms with van der Waals surface area (Å²) in [5.41, 5.74) is -0.961. The summed E-state index contributed by atoms with van der Waals surface area (Å²) in [4.78, 5) is 3.52. The van der Waals surface area contributed by atoms with E-state index in [0.29, 0.717) is 18.7 Å². The molecule has 1 unspecified atom stereocenters. The van der Waals surface area contributed by atoms with Crippen molar-refractivity contribution < 1.29 is 17.6 Å². The molecule has 0 amide bonds. The van der Waals surface area contributed by atoms with Gasteiger partial charge in [-0.2, -0.15) is 13.2 Å². The molecule has 0 aromatic carbocycles. The van der Waals surface area contributed by atoms with Crippen molar-refractivity contribution in [1.82, 2.24) is 4.98 Å². The second kappa shape index (κ2) is 4.16. The highest BCUT2D eigenvalue weighted by molar-refractivity contribution is 5.20. The van der Waals surface area contributed by atoms with Crippen LogP contribution in [0.1, 0.15) is 37.4 Å². The standard InChI is InChI=1S/C10H11F4N/c1-3-6(2)9-8(11)4-7(5-15-9)10(12,13)14/h4-6H,3H2,1-2H3. The largest absolute Gasteiger partial charge is 0.417 e. The highest BCUT2D eigenvalue weighted by atomic mass is 19.4. The zero-order valence-corrected chi connectivity index (χ0v) is 8.40. The fraction of sp³-hybridized carbons (Fsp3) is 0.500. The van der Waals surface area contributed by atoms with Gasteiger partial charge in [0.2, 0.25) is 0 Å². The number of nitrogens with zero attached hydrogens (tertiary/aromatic N) is 1. The molecule has 0 aliphatic carbocycles. The lowest BCUT2D eigenvalue weighted by Crippen LogP contribution is -2.09. The van der Waals surface area contributed by atoms with Gasteiger partial charge in [-0.05, 0) is 12.5 Å². The maximum Gasteiger partial charge on any atom is 0.417 e. The zero-order valence-electron chi connectivity index (χ0n) is 8.40. The Morgan fingerprint density at radius 2 is 2.00 bits per heavy atom. The first-order valence-corrected chi connectivity index (χ1v) is 4.59. The van der Waals surface area contributed by atoms with Gasteiger partial charge < -0.3 is 0 Å². The molecule has 0 aliphatic heterocycles. The summed E-state index contributed by atoms with van der Waals surface area (Å²) in [6.07, 6.45) is -3.23. The first-order valence-electron chi connectivity index (χ1n) is 4.59. The minimum Gasteiger partial charge on any atom is -0.257 e. The van der Waals surface area contributed by atoms with Crippen molar-refractivity contribution in [1.29, 1.82) is 0 Å². The van der Waals surface area contributed by atoms with Crippen molar-refractivity contribution in [2.24, 2.45) is 0 Å². The molecule has 0 fully saturated rings. The molecule has 1 rings (SSSR count). The Bertz CT molecular complexity index is 346. The van der Waals surface area contributed by atoms with Gasteiger partial charge in [0.05, 0.1) is 11.3 Å². The molecule has 0 bridgehead atoms. The lowest BCUT2D eigenvalue weighted by Gasteiger charge is -2.11. The zero-order chi connectivity index (χ0) is 11.6. The van der Waals surface area contributed by atoms with Gasteiger partial charge >= 0.3 is 6.18 Å². The highest BCUT2D eigenvalue weighted by Crippen LogP contribution is 2.30. The second-order valence-electron chi connectivity index (χ2n) is 3.40. The maximum absolute atomic E-state index is 13.3. The SMILES string of the molecule is CCC(C)c1ncc(C(F)(F)F)cc1F. The first-order chi connectivity index (χ1) is 6.86. The van der Waals surface area contributed by atoms with Crippen LogP contribution < -0.4 is 0 Å². The number of rotatable bonds is 2. The molecule has 1 nitrogen and oxygen atoms in total. The Morgan fingerprint density at radius 1 is 1.40 bits per heavy atom. The Labute approximate surface area is 85.1 Å². The smallest absolute Gasteiger partial charge is 0.257 e. The Balaban J connectivity index is 3.09. The second-order valence-corrected chi connectivity index (χ2v) is 3.40. The molecule has 0 N–H and O–H groups in total. The van der Waals surface area contributed by atoms with Crippen LogP contribution in [-0.4, -0.2) is 4.98 Å². The third-order valence-corrected chi connectivity index (χ3v) is 2.28. The maximum atomic E-state index is 13.3.